The average Bonchev–Trinajstić information content (AvgIpc) is 3.16. The van der Waals surface area contributed by atoms with Crippen molar-refractivity contribution in [1.29, 1.82) is 0 Å². The second-order valence-corrected chi connectivity index (χ2v) is 7.76. The van der Waals surface area contributed by atoms with Crippen molar-refractivity contribution in [2.75, 3.05) is 0 Å². The summed E-state index contributed by atoms with van der Waals surface area (Å²) >= 11 is 0. The molecular formula is C21H32N2O4. The molecule has 1 atom stereocenters. The number of hydrogen-bond donors (Lipinski definition) is 3. The zero-order chi connectivity index (χ0) is 19.6. The normalized spacial score (nSPS) is 15.7. The maximum atomic E-state index is 12.6. The van der Waals surface area contributed by atoms with Crippen LogP contribution in [-0.4, -0.2) is 29.2 Å². The van der Waals surface area contributed by atoms with Gasteiger partial charge in [0, 0.05) is 13.0 Å². The van der Waals surface area contributed by atoms with Crippen LogP contribution in [0.3, 0.4) is 0 Å². The Morgan fingerprint density at radius 1 is 1.22 bits per heavy atom. The first-order valence-corrected chi connectivity index (χ1v) is 9.92. The Labute approximate surface area is 161 Å². The molecule has 1 aromatic rings. The van der Waals surface area contributed by atoms with Crippen molar-refractivity contribution in [3.8, 4) is 0 Å². The van der Waals surface area contributed by atoms with Gasteiger partial charge in [-0.2, -0.15) is 0 Å². The summed E-state index contributed by atoms with van der Waals surface area (Å²) < 4.78 is 5.69. The number of rotatable bonds is 10. The molecule has 6 heteroatoms. The van der Waals surface area contributed by atoms with E-state index in [-0.39, 0.29) is 24.5 Å². The number of esters is 1. The van der Waals surface area contributed by atoms with Gasteiger partial charge in [-0.1, -0.05) is 38.1 Å². The fourth-order valence-electron chi connectivity index (χ4n) is 3.44. The first-order chi connectivity index (χ1) is 13.0. The molecule has 1 amide bonds. The molecule has 3 N–H and O–H groups in total. The number of carbonyl (C=O) groups excluding carboxylic acids is 2. The molecule has 1 aliphatic rings. The predicted molar refractivity (Wildman–Crippen MR) is 103 cm³/mol. The standard InChI is InChI=1S/C21H32N2O4/c1-15(2)12-19(21(25)27-18-8-3-4-9-18)22-14-17-7-5-6-16(13-17)10-11-20(24)23-26/h5-7,13,15,18-19,22,26H,3-4,8-12,14H2,1-2H3,(H,23,24)/t19-/m1/s1. The molecule has 0 aliphatic heterocycles. The van der Waals surface area contributed by atoms with E-state index in [0.29, 0.717) is 18.9 Å². The number of ether oxygens (including phenoxy) is 1. The first-order valence-electron chi connectivity index (χ1n) is 9.92. The fraction of sp³-hybridized carbons (Fsp3) is 0.619. The maximum absolute atomic E-state index is 12.6. The molecule has 0 saturated heterocycles. The number of aryl methyl sites for hydroxylation is 1. The van der Waals surface area contributed by atoms with Gasteiger partial charge in [0.05, 0.1) is 0 Å². The molecule has 0 unspecified atom stereocenters. The van der Waals surface area contributed by atoms with Gasteiger partial charge in [-0.3, -0.25) is 14.8 Å². The van der Waals surface area contributed by atoms with Crippen molar-refractivity contribution < 1.29 is 19.5 Å². The summed E-state index contributed by atoms with van der Waals surface area (Å²) in [5.74, 6) is -0.154. The molecule has 150 valence electrons. The minimum absolute atomic E-state index is 0.0787. The van der Waals surface area contributed by atoms with E-state index in [1.54, 1.807) is 5.48 Å². The quantitative estimate of drug-likeness (QED) is 0.332. The molecule has 0 spiro atoms. The van der Waals surface area contributed by atoms with Crippen molar-refractivity contribution in [2.45, 2.75) is 77.5 Å². The molecule has 2 rings (SSSR count). The third-order valence-corrected chi connectivity index (χ3v) is 4.89. The molecule has 1 fully saturated rings. The molecular weight excluding hydrogens is 344 g/mol. The first kappa shape index (κ1) is 21.4. The molecule has 1 saturated carbocycles. The third kappa shape index (κ3) is 7.69. The van der Waals surface area contributed by atoms with Crippen LogP contribution >= 0.6 is 0 Å². The largest absolute Gasteiger partial charge is 0.461 e. The van der Waals surface area contributed by atoms with E-state index < -0.39 is 5.91 Å². The molecule has 6 nitrogen and oxygen atoms in total. The summed E-state index contributed by atoms with van der Waals surface area (Å²) in [7, 11) is 0. The van der Waals surface area contributed by atoms with Crippen molar-refractivity contribution in [2.24, 2.45) is 5.92 Å². The highest BCUT2D eigenvalue weighted by Gasteiger charge is 2.25. The lowest BCUT2D eigenvalue weighted by Crippen LogP contribution is -2.40. The van der Waals surface area contributed by atoms with Gasteiger partial charge in [0.25, 0.3) is 0 Å². The molecule has 0 radical (unpaired) electrons. The number of hydroxylamine groups is 1. The van der Waals surface area contributed by atoms with E-state index in [1.165, 1.54) is 0 Å². The Morgan fingerprint density at radius 2 is 1.93 bits per heavy atom. The Balaban J connectivity index is 1.91. The van der Waals surface area contributed by atoms with Crippen LogP contribution in [-0.2, 0) is 27.3 Å². The van der Waals surface area contributed by atoms with Crippen LogP contribution in [0.1, 0.15) is 63.5 Å². The topological polar surface area (TPSA) is 87.7 Å². The number of hydrogen-bond acceptors (Lipinski definition) is 5. The van der Waals surface area contributed by atoms with Crippen LogP contribution in [0.25, 0.3) is 0 Å². The number of nitrogens with one attached hydrogen (secondary N) is 2. The SMILES string of the molecule is CC(C)C[C@@H](NCc1cccc(CCC(=O)NO)c1)C(=O)OC1CCCC1. The summed E-state index contributed by atoms with van der Waals surface area (Å²) in [6.07, 6.45) is 5.84. The Morgan fingerprint density at radius 3 is 2.59 bits per heavy atom. The van der Waals surface area contributed by atoms with Crippen LogP contribution in [0.4, 0.5) is 0 Å². The molecule has 1 aliphatic carbocycles. The highest BCUT2D eigenvalue weighted by molar-refractivity contribution is 5.76. The summed E-state index contributed by atoms with van der Waals surface area (Å²) in [5.41, 5.74) is 3.72. The van der Waals surface area contributed by atoms with Gasteiger partial charge in [-0.05, 0) is 55.6 Å². The van der Waals surface area contributed by atoms with Gasteiger partial charge in [0.15, 0.2) is 0 Å². The summed E-state index contributed by atoms with van der Waals surface area (Å²) in [6, 6.07) is 7.60. The van der Waals surface area contributed by atoms with Gasteiger partial charge in [-0.15, -0.1) is 0 Å². The van der Waals surface area contributed by atoms with Crippen molar-refractivity contribution in [3.63, 3.8) is 0 Å². The van der Waals surface area contributed by atoms with E-state index in [2.05, 4.69) is 19.2 Å². The second kappa shape index (κ2) is 11.0. The van der Waals surface area contributed by atoms with E-state index in [4.69, 9.17) is 9.94 Å². The predicted octanol–water partition coefficient (Wildman–Crippen LogP) is 3.11. The van der Waals surface area contributed by atoms with Gasteiger partial charge >= 0.3 is 5.97 Å². The van der Waals surface area contributed by atoms with Gasteiger partial charge in [0.1, 0.15) is 12.1 Å². The molecule has 0 heterocycles. The molecule has 27 heavy (non-hydrogen) atoms. The van der Waals surface area contributed by atoms with Crippen molar-refractivity contribution in [1.82, 2.24) is 10.8 Å². The van der Waals surface area contributed by atoms with E-state index in [0.717, 1.165) is 43.2 Å². The monoisotopic (exact) mass is 376 g/mol. The maximum Gasteiger partial charge on any atom is 0.323 e. The molecule has 1 aromatic carbocycles. The van der Waals surface area contributed by atoms with E-state index in [1.807, 2.05) is 24.3 Å². The highest BCUT2D eigenvalue weighted by Crippen LogP contribution is 2.22. The Bertz CT molecular complexity index is 612. The fourth-order valence-corrected chi connectivity index (χ4v) is 3.44. The van der Waals surface area contributed by atoms with Crippen molar-refractivity contribution in [3.05, 3.63) is 35.4 Å². The average molecular weight is 376 g/mol. The number of amides is 1. The number of benzene rings is 1. The van der Waals surface area contributed by atoms with E-state index >= 15 is 0 Å². The Kier molecular flexibility index (Phi) is 8.75. The van der Waals surface area contributed by atoms with Crippen LogP contribution in [0, 0.1) is 5.92 Å². The lowest BCUT2D eigenvalue weighted by molar-refractivity contribution is -0.151. The molecule has 0 aromatic heterocycles. The summed E-state index contributed by atoms with van der Waals surface area (Å²) in [5, 5.41) is 11.9. The second-order valence-electron chi connectivity index (χ2n) is 7.76. The zero-order valence-corrected chi connectivity index (χ0v) is 16.4. The minimum atomic E-state index is -0.398. The van der Waals surface area contributed by atoms with Gasteiger partial charge < -0.3 is 10.1 Å². The Hall–Kier alpha value is -1.92. The lowest BCUT2D eigenvalue weighted by atomic mass is 10.0. The van der Waals surface area contributed by atoms with Gasteiger partial charge in [0.2, 0.25) is 5.91 Å². The number of carbonyl (C=O) groups is 2. The van der Waals surface area contributed by atoms with Crippen molar-refractivity contribution >= 4 is 11.9 Å². The third-order valence-electron chi connectivity index (χ3n) is 4.89. The smallest absolute Gasteiger partial charge is 0.323 e. The van der Waals surface area contributed by atoms with Crippen LogP contribution in [0.2, 0.25) is 0 Å². The lowest BCUT2D eigenvalue weighted by Gasteiger charge is -2.22. The minimum Gasteiger partial charge on any atom is -0.461 e. The van der Waals surface area contributed by atoms with Crippen LogP contribution in [0.5, 0.6) is 0 Å². The summed E-state index contributed by atoms with van der Waals surface area (Å²) in [6.45, 7) is 4.77. The van der Waals surface area contributed by atoms with E-state index in [9.17, 15) is 9.59 Å². The zero-order valence-electron chi connectivity index (χ0n) is 16.4. The van der Waals surface area contributed by atoms with Gasteiger partial charge in [-0.25, -0.2) is 5.48 Å². The van der Waals surface area contributed by atoms with Crippen LogP contribution < -0.4 is 10.8 Å². The molecule has 0 bridgehead atoms. The van der Waals surface area contributed by atoms with Crippen LogP contribution in [0.15, 0.2) is 24.3 Å². The summed E-state index contributed by atoms with van der Waals surface area (Å²) in [4.78, 5) is 23.8. The highest BCUT2D eigenvalue weighted by atomic mass is 16.5.